The van der Waals surface area contributed by atoms with E-state index in [1.807, 2.05) is 11.5 Å². The first-order valence-corrected chi connectivity index (χ1v) is 6.97. The lowest BCUT2D eigenvalue weighted by atomic mass is 10.0. The highest BCUT2D eigenvalue weighted by Crippen LogP contribution is 2.33. The molecule has 0 bridgehead atoms. The molecule has 1 aliphatic carbocycles. The number of nitrogens with zero attached hydrogens (tertiary/aromatic N) is 2. The van der Waals surface area contributed by atoms with Crippen molar-refractivity contribution in [1.82, 2.24) is 9.55 Å². The van der Waals surface area contributed by atoms with Crippen LogP contribution in [0.1, 0.15) is 61.4 Å². The van der Waals surface area contributed by atoms with Gasteiger partial charge in [-0.25, -0.2) is 9.78 Å². The topological polar surface area (TPSA) is 70.1 Å². The Balaban J connectivity index is 2.29. The lowest BCUT2D eigenvalue weighted by Crippen LogP contribution is -2.14. The molecule has 2 N–H and O–H groups in total. The first-order chi connectivity index (χ1) is 9.04. The van der Waals surface area contributed by atoms with E-state index in [1.165, 1.54) is 26.4 Å². The fraction of sp³-hybridized carbons (Fsp3) is 0.714. The summed E-state index contributed by atoms with van der Waals surface area (Å²) in [5, 5.41) is 0. The van der Waals surface area contributed by atoms with Gasteiger partial charge in [-0.3, -0.25) is 0 Å². The van der Waals surface area contributed by atoms with Gasteiger partial charge in [-0.15, -0.1) is 0 Å². The van der Waals surface area contributed by atoms with Crippen molar-refractivity contribution in [3.05, 3.63) is 11.5 Å². The summed E-state index contributed by atoms with van der Waals surface area (Å²) in [4.78, 5) is 15.9. The van der Waals surface area contributed by atoms with E-state index >= 15 is 0 Å². The molecule has 1 fully saturated rings. The third kappa shape index (κ3) is 2.74. The SMILES string of the molecule is COC(=O)c1nc(C)n(C2CCCC(C)CC2)c1N. The molecule has 106 valence electrons. The van der Waals surface area contributed by atoms with E-state index in [0.717, 1.165) is 24.6 Å². The van der Waals surface area contributed by atoms with Crippen LogP contribution in [0.5, 0.6) is 0 Å². The first-order valence-electron chi connectivity index (χ1n) is 6.97. The van der Waals surface area contributed by atoms with E-state index in [-0.39, 0.29) is 5.69 Å². The van der Waals surface area contributed by atoms with Gasteiger partial charge in [0.25, 0.3) is 0 Å². The van der Waals surface area contributed by atoms with E-state index in [4.69, 9.17) is 10.5 Å². The molecule has 0 spiro atoms. The number of hydrogen-bond donors (Lipinski definition) is 1. The molecule has 5 heteroatoms. The number of hydrogen-bond acceptors (Lipinski definition) is 4. The van der Waals surface area contributed by atoms with E-state index in [0.29, 0.717) is 11.9 Å². The number of aryl methyl sites for hydroxylation is 1. The van der Waals surface area contributed by atoms with Crippen molar-refractivity contribution >= 4 is 11.8 Å². The Morgan fingerprint density at radius 3 is 2.79 bits per heavy atom. The molecule has 1 aromatic heterocycles. The van der Waals surface area contributed by atoms with Crippen LogP contribution in [-0.2, 0) is 4.74 Å². The second kappa shape index (κ2) is 5.63. The van der Waals surface area contributed by atoms with Gasteiger partial charge in [-0.2, -0.15) is 0 Å². The normalized spacial score (nSPS) is 23.9. The molecule has 5 nitrogen and oxygen atoms in total. The molecule has 0 aromatic carbocycles. The summed E-state index contributed by atoms with van der Waals surface area (Å²) in [5.41, 5.74) is 6.34. The molecular weight excluding hydrogens is 242 g/mol. The number of methoxy groups -OCH3 is 1. The van der Waals surface area contributed by atoms with Gasteiger partial charge in [0.05, 0.1) is 7.11 Å². The molecule has 0 aliphatic heterocycles. The van der Waals surface area contributed by atoms with E-state index in [2.05, 4.69) is 11.9 Å². The highest BCUT2D eigenvalue weighted by Gasteiger charge is 2.25. The number of anilines is 1. The van der Waals surface area contributed by atoms with Crippen molar-refractivity contribution in [2.24, 2.45) is 5.92 Å². The van der Waals surface area contributed by atoms with Crippen LogP contribution in [0, 0.1) is 12.8 Å². The molecule has 1 aromatic rings. The molecule has 2 atom stereocenters. The zero-order valence-corrected chi connectivity index (χ0v) is 12.0. The number of imidazole rings is 1. The van der Waals surface area contributed by atoms with Gasteiger partial charge in [0, 0.05) is 6.04 Å². The van der Waals surface area contributed by atoms with Crippen molar-refractivity contribution in [3.63, 3.8) is 0 Å². The molecule has 0 amide bonds. The predicted octanol–water partition coefficient (Wildman–Crippen LogP) is 2.70. The molecule has 1 aliphatic rings. The van der Waals surface area contributed by atoms with Gasteiger partial charge < -0.3 is 15.0 Å². The molecule has 0 radical (unpaired) electrons. The summed E-state index contributed by atoms with van der Waals surface area (Å²) in [5.74, 6) is 1.57. The van der Waals surface area contributed by atoms with Crippen molar-refractivity contribution in [1.29, 1.82) is 0 Å². The highest BCUT2D eigenvalue weighted by molar-refractivity contribution is 5.92. The summed E-state index contributed by atoms with van der Waals surface area (Å²) in [7, 11) is 1.35. The Morgan fingerprint density at radius 2 is 2.11 bits per heavy atom. The summed E-state index contributed by atoms with van der Waals surface area (Å²) >= 11 is 0. The molecule has 19 heavy (non-hydrogen) atoms. The number of carbonyl (C=O) groups is 1. The largest absolute Gasteiger partial charge is 0.464 e. The molecule has 2 rings (SSSR count). The van der Waals surface area contributed by atoms with Crippen LogP contribution in [-0.4, -0.2) is 22.6 Å². The zero-order valence-electron chi connectivity index (χ0n) is 12.0. The molecule has 0 saturated heterocycles. The maximum atomic E-state index is 11.6. The highest BCUT2D eigenvalue weighted by atomic mass is 16.5. The summed E-state index contributed by atoms with van der Waals surface area (Å²) in [6.45, 7) is 4.20. The lowest BCUT2D eigenvalue weighted by molar-refractivity contribution is 0.0595. The Morgan fingerprint density at radius 1 is 1.37 bits per heavy atom. The molecule has 1 saturated carbocycles. The van der Waals surface area contributed by atoms with E-state index in [1.54, 1.807) is 0 Å². The fourth-order valence-corrected chi connectivity index (χ4v) is 2.99. The van der Waals surface area contributed by atoms with Gasteiger partial charge in [0.15, 0.2) is 5.69 Å². The Kier molecular flexibility index (Phi) is 4.12. The van der Waals surface area contributed by atoms with Crippen LogP contribution in [0.3, 0.4) is 0 Å². The molecule has 1 heterocycles. The number of rotatable bonds is 2. The quantitative estimate of drug-likeness (QED) is 0.659. The lowest BCUT2D eigenvalue weighted by Gasteiger charge is -2.19. The minimum absolute atomic E-state index is 0.247. The van der Waals surface area contributed by atoms with Crippen LogP contribution < -0.4 is 5.73 Å². The van der Waals surface area contributed by atoms with Gasteiger partial charge in [0.1, 0.15) is 11.6 Å². The van der Waals surface area contributed by atoms with E-state index < -0.39 is 5.97 Å². The molecular formula is C14H23N3O2. The standard InChI is InChI=1S/C14H23N3O2/c1-9-5-4-6-11(8-7-9)17-10(2)16-12(13(17)15)14(18)19-3/h9,11H,4-8,15H2,1-3H3. The fourth-order valence-electron chi connectivity index (χ4n) is 2.99. The number of carbonyl (C=O) groups excluding carboxylic acids is 1. The smallest absolute Gasteiger partial charge is 0.360 e. The van der Waals surface area contributed by atoms with Crippen LogP contribution in [0.2, 0.25) is 0 Å². The van der Waals surface area contributed by atoms with Crippen molar-refractivity contribution in [2.45, 2.75) is 52.0 Å². The average Bonchev–Trinajstić information content (AvgIpc) is 2.55. The van der Waals surface area contributed by atoms with Gasteiger partial charge in [-0.05, 0) is 32.1 Å². The molecule has 2 unspecified atom stereocenters. The van der Waals surface area contributed by atoms with Crippen LogP contribution >= 0.6 is 0 Å². The maximum Gasteiger partial charge on any atom is 0.360 e. The van der Waals surface area contributed by atoms with Crippen molar-refractivity contribution in [3.8, 4) is 0 Å². The Hall–Kier alpha value is -1.52. The van der Waals surface area contributed by atoms with Gasteiger partial charge in [0.2, 0.25) is 0 Å². The summed E-state index contributed by atoms with van der Waals surface area (Å²) < 4.78 is 6.74. The Bertz CT molecular complexity index is 468. The third-order valence-electron chi connectivity index (χ3n) is 4.10. The number of nitrogen functional groups attached to an aromatic ring is 1. The third-order valence-corrected chi connectivity index (χ3v) is 4.10. The Labute approximate surface area is 114 Å². The number of esters is 1. The predicted molar refractivity (Wildman–Crippen MR) is 74.0 cm³/mol. The second-order valence-corrected chi connectivity index (χ2v) is 5.52. The van der Waals surface area contributed by atoms with Gasteiger partial charge >= 0.3 is 5.97 Å². The average molecular weight is 265 g/mol. The van der Waals surface area contributed by atoms with Crippen LogP contribution in [0.4, 0.5) is 5.82 Å². The van der Waals surface area contributed by atoms with Gasteiger partial charge in [-0.1, -0.05) is 19.8 Å². The van der Waals surface area contributed by atoms with Crippen LogP contribution in [0.15, 0.2) is 0 Å². The number of ether oxygens (including phenoxy) is 1. The number of aromatic nitrogens is 2. The maximum absolute atomic E-state index is 11.6. The second-order valence-electron chi connectivity index (χ2n) is 5.52. The number of nitrogens with two attached hydrogens (primary N) is 1. The monoisotopic (exact) mass is 265 g/mol. The minimum Gasteiger partial charge on any atom is -0.464 e. The van der Waals surface area contributed by atoms with Crippen molar-refractivity contribution < 1.29 is 9.53 Å². The van der Waals surface area contributed by atoms with Crippen molar-refractivity contribution in [2.75, 3.05) is 12.8 Å². The van der Waals surface area contributed by atoms with Crippen LogP contribution in [0.25, 0.3) is 0 Å². The zero-order chi connectivity index (χ0) is 14.0. The van der Waals surface area contributed by atoms with E-state index in [9.17, 15) is 4.79 Å². The summed E-state index contributed by atoms with van der Waals surface area (Å²) in [6, 6.07) is 0.357. The first kappa shape index (κ1) is 13.9. The minimum atomic E-state index is -0.457. The summed E-state index contributed by atoms with van der Waals surface area (Å²) in [6.07, 6.45) is 5.88.